The van der Waals surface area contributed by atoms with Gasteiger partial charge in [-0.25, -0.2) is 0 Å². The molecule has 7 nitrogen and oxygen atoms in total. The minimum absolute atomic E-state index is 0.0677. The number of nitrogens with zero attached hydrogens (tertiary/aromatic N) is 3. The second kappa shape index (κ2) is 8.49. The van der Waals surface area contributed by atoms with E-state index >= 15 is 0 Å². The zero-order valence-electron chi connectivity index (χ0n) is 17.0. The maximum Gasteiger partial charge on any atom is 0.277 e. The summed E-state index contributed by atoms with van der Waals surface area (Å²) in [5.41, 5.74) is 1.86. The predicted molar refractivity (Wildman–Crippen MR) is 113 cm³/mol. The van der Waals surface area contributed by atoms with Gasteiger partial charge in [0.1, 0.15) is 0 Å². The molecule has 3 heterocycles. The number of benzene rings is 1. The van der Waals surface area contributed by atoms with Crippen LogP contribution in [0, 0.1) is 11.8 Å². The van der Waals surface area contributed by atoms with Crippen molar-refractivity contribution in [2.75, 3.05) is 18.4 Å². The normalized spacial score (nSPS) is 18.8. The molecule has 2 aromatic heterocycles. The van der Waals surface area contributed by atoms with Crippen molar-refractivity contribution in [2.45, 2.75) is 20.3 Å². The Morgan fingerprint density at radius 3 is 2.50 bits per heavy atom. The lowest BCUT2D eigenvalue weighted by Gasteiger charge is -2.35. The van der Waals surface area contributed by atoms with Gasteiger partial charge in [0.2, 0.25) is 0 Å². The van der Waals surface area contributed by atoms with Gasteiger partial charge in [-0.2, -0.15) is 0 Å². The first-order chi connectivity index (χ1) is 14.5. The monoisotopic (exact) mass is 404 g/mol. The first kappa shape index (κ1) is 19.8. The van der Waals surface area contributed by atoms with E-state index in [-0.39, 0.29) is 11.6 Å². The Kier molecular flexibility index (Phi) is 5.61. The third kappa shape index (κ3) is 4.25. The highest BCUT2D eigenvalue weighted by Gasteiger charge is 2.27. The highest BCUT2D eigenvalue weighted by Crippen LogP contribution is 2.26. The van der Waals surface area contributed by atoms with Crippen molar-refractivity contribution in [3.8, 4) is 11.3 Å². The van der Waals surface area contributed by atoms with Gasteiger partial charge in [0.05, 0.1) is 11.3 Å². The van der Waals surface area contributed by atoms with Gasteiger partial charge in [-0.15, -0.1) is 0 Å². The Hall–Kier alpha value is -3.48. The van der Waals surface area contributed by atoms with Crippen LogP contribution in [0.3, 0.4) is 0 Å². The summed E-state index contributed by atoms with van der Waals surface area (Å²) in [6.45, 7) is 5.78. The first-order valence-corrected chi connectivity index (χ1v) is 10.1. The van der Waals surface area contributed by atoms with Crippen molar-refractivity contribution in [1.82, 2.24) is 15.0 Å². The Balaban J connectivity index is 1.52. The Labute approximate surface area is 175 Å². The number of rotatable bonds is 4. The van der Waals surface area contributed by atoms with E-state index in [2.05, 4.69) is 29.3 Å². The van der Waals surface area contributed by atoms with Gasteiger partial charge in [0.15, 0.2) is 11.5 Å². The fraction of sp³-hybridized carbons (Fsp3) is 0.304. The molecule has 1 saturated heterocycles. The standard InChI is InChI=1S/C23H24N4O3/c1-15-11-16(2)14-27(13-15)23(29)18-5-3-4-6-19(18)25-22(28)20-12-21(30-26-20)17-7-9-24-10-8-17/h3-10,12,15-16H,11,13-14H2,1-2H3,(H,25,28). The van der Waals surface area contributed by atoms with Gasteiger partial charge in [-0.05, 0) is 42.5 Å². The summed E-state index contributed by atoms with van der Waals surface area (Å²) in [5.74, 6) is 0.896. The van der Waals surface area contributed by atoms with Crippen molar-refractivity contribution >= 4 is 17.5 Å². The SMILES string of the molecule is CC1CC(C)CN(C(=O)c2ccccc2NC(=O)c2cc(-c3ccncc3)on2)C1. The molecule has 0 aliphatic carbocycles. The fourth-order valence-corrected chi connectivity index (χ4v) is 4.00. The number of hydrogen-bond acceptors (Lipinski definition) is 5. The van der Waals surface area contributed by atoms with E-state index in [4.69, 9.17) is 4.52 Å². The third-order valence-electron chi connectivity index (χ3n) is 5.27. The van der Waals surface area contributed by atoms with Crippen LogP contribution in [0.25, 0.3) is 11.3 Å². The number of carbonyl (C=O) groups is 2. The van der Waals surface area contributed by atoms with Gasteiger partial charge in [-0.1, -0.05) is 31.1 Å². The second-order valence-electron chi connectivity index (χ2n) is 7.97. The van der Waals surface area contributed by atoms with Crippen LogP contribution in [0.2, 0.25) is 0 Å². The van der Waals surface area contributed by atoms with Crippen LogP contribution in [0.1, 0.15) is 41.1 Å². The molecule has 4 rings (SSSR count). The Morgan fingerprint density at radius 2 is 1.77 bits per heavy atom. The Bertz CT molecular complexity index is 1040. The van der Waals surface area contributed by atoms with Gasteiger partial charge < -0.3 is 14.7 Å². The minimum Gasteiger partial charge on any atom is -0.355 e. The molecule has 0 spiro atoms. The van der Waals surface area contributed by atoms with E-state index in [1.807, 2.05) is 4.90 Å². The molecule has 30 heavy (non-hydrogen) atoms. The molecule has 0 radical (unpaired) electrons. The van der Waals surface area contributed by atoms with E-state index in [1.165, 1.54) is 0 Å². The maximum atomic E-state index is 13.2. The van der Waals surface area contributed by atoms with Crippen molar-refractivity contribution in [2.24, 2.45) is 11.8 Å². The summed E-state index contributed by atoms with van der Waals surface area (Å²) in [4.78, 5) is 31.7. The first-order valence-electron chi connectivity index (χ1n) is 10.1. The fourth-order valence-electron chi connectivity index (χ4n) is 4.00. The highest BCUT2D eigenvalue weighted by atomic mass is 16.5. The van der Waals surface area contributed by atoms with Crippen LogP contribution in [0.5, 0.6) is 0 Å². The molecule has 1 aromatic carbocycles. The van der Waals surface area contributed by atoms with Crippen molar-refractivity contribution in [1.29, 1.82) is 0 Å². The molecule has 3 aromatic rings. The van der Waals surface area contributed by atoms with Gasteiger partial charge >= 0.3 is 0 Å². The molecule has 2 atom stereocenters. The van der Waals surface area contributed by atoms with Crippen LogP contribution >= 0.6 is 0 Å². The molecule has 0 bridgehead atoms. The van der Waals surface area contributed by atoms with E-state index in [0.717, 1.165) is 25.1 Å². The second-order valence-corrected chi connectivity index (χ2v) is 7.97. The molecule has 2 unspecified atom stereocenters. The number of anilines is 1. The van der Waals surface area contributed by atoms with Crippen molar-refractivity contribution < 1.29 is 14.1 Å². The molecule has 154 valence electrons. The molecule has 1 aliphatic rings. The average molecular weight is 404 g/mol. The van der Waals surface area contributed by atoms with Gasteiger partial charge in [0, 0.05) is 37.1 Å². The number of piperidine rings is 1. The number of amides is 2. The number of aromatic nitrogens is 2. The topological polar surface area (TPSA) is 88.3 Å². The van der Waals surface area contributed by atoms with Crippen molar-refractivity contribution in [3.63, 3.8) is 0 Å². The quantitative estimate of drug-likeness (QED) is 0.707. The maximum absolute atomic E-state index is 13.2. The number of para-hydroxylation sites is 1. The molecule has 1 N–H and O–H groups in total. The summed E-state index contributed by atoms with van der Waals surface area (Å²) < 4.78 is 5.29. The van der Waals surface area contributed by atoms with Crippen LogP contribution in [-0.2, 0) is 0 Å². The van der Waals surface area contributed by atoms with E-state index < -0.39 is 5.91 Å². The lowest BCUT2D eigenvalue weighted by molar-refractivity contribution is 0.0624. The van der Waals surface area contributed by atoms with Crippen LogP contribution in [-0.4, -0.2) is 39.9 Å². The highest BCUT2D eigenvalue weighted by molar-refractivity contribution is 6.08. The molecule has 1 fully saturated rings. The number of nitrogens with one attached hydrogen (secondary N) is 1. The summed E-state index contributed by atoms with van der Waals surface area (Å²) in [6.07, 6.45) is 4.40. The van der Waals surface area contributed by atoms with Gasteiger partial charge in [-0.3, -0.25) is 14.6 Å². The minimum atomic E-state index is -0.431. The van der Waals surface area contributed by atoms with E-state index in [0.29, 0.717) is 28.8 Å². The molecular formula is C23H24N4O3. The molecule has 7 heteroatoms. The van der Waals surface area contributed by atoms with Crippen molar-refractivity contribution in [3.05, 3.63) is 66.1 Å². The molecule has 1 aliphatic heterocycles. The summed E-state index contributed by atoms with van der Waals surface area (Å²) >= 11 is 0. The molecule has 2 amide bonds. The number of likely N-dealkylation sites (tertiary alicyclic amines) is 1. The number of hydrogen-bond donors (Lipinski definition) is 1. The zero-order chi connectivity index (χ0) is 21.1. The molecular weight excluding hydrogens is 380 g/mol. The zero-order valence-corrected chi connectivity index (χ0v) is 17.0. The lowest BCUT2D eigenvalue weighted by Crippen LogP contribution is -2.42. The third-order valence-corrected chi connectivity index (χ3v) is 5.27. The van der Waals surface area contributed by atoms with Crippen LogP contribution in [0.4, 0.5) is 5.69 Å². The predicted octanol–water partition coefficient (Wildman–Crippen LogP) is 4.11. The number of pyridine rings is 1. The van der Waals surface area contributed by atoms with E-state index in [9.17, 15) is 9.59 Å². The lowest BCUT2D eigenvalue weighted by atomic mass is 9.91. The van der Waals surface area contributed by atoms with Crippen LogP contribution < -0.4 is 5.32 Å². The smallest absolute Gasteiger partial charge is 0.277 e. The molecule has 0 saturated carbocycles. The number of carbonyl (C=O) groups excluding carboxylic acids is 2. The summed E-state index contributed by atoms with van der Waals surface area (Å²) in [7, 11) is 0. The largest absolute Gasteiger partial charge is 0.355 e. The van der Waals surface area contributed by atoms with E-state index in [1.54, 1.807) is 54.9 Å². The van der Waals surface area contributed by atoms with Crippen LogP contribution in [0.15, 0.2) is 59.4 Å². The Morgan fingerprint density at radius 1 is 1.07 bits per heavy atom. The summed E-state index contributed by atoms with van der Waals surface area (Å²) in [6, 6.07) is 12.2. The van der Waals surface area contributed by atoms with Gasteiger partial charge in [0.25, 0.3) is 11.8 Å². The summed E-state index contributed by atoms with van der Waals surface area (Å²) in [5, 5.41) is 6.68. The average Bonchev–Trinajstić information content (AvgIpc) is 3.24.